The van der Waals surface area contributed by atoms with Crippen LogP contribution in [0.15, 0.2) is 29.8 Å². The van der Waals surface area contributed by atoms with Crippen LogP contribution in [0.2, 0.25) is 0 Å². The maximum absolute atomic E-state index is 13.8. The first-order valence-electron chi connectivity index (χ1n) is 15.9. The number of unbranched alkanes of at least 4 members (excludes halogenated alkanes) is 7. The summed E-state index contributed by atoms with van der Waals surface area (Å²) in [6.07, 6.45) is 8.11. The quantitative estimate of drug-likeness (QED) is 0.167. The zero-order chi connectivity index (χ0) is 32.3. The number of rotatable bonds is 16. The highest BCUT2D eigenvalue weighted by Gasteiger charge is 2.44. The van der Waals surface area contributed by atoms with Gasteiger partial charge in [-0.15, -0.1) is 11.3 Å². The number of carbonyl (C=O) groups excluding carboxylic acids is 4. The van der Waals surface area contributed by atoms with E-state index >= 15 is 0 Å². The minimum Gasteiger partial charge on any atom is -0.391 e. The number of aldehydes is 1. The first-order chi connectivity index (χ1) is 20.9. The molecule has 1 aromatic heterocycles. The summed E-state index contributed by atoms with van der Waals surface area (Å²) in [5.41, 5.74) is 4.21. The van der Waals surface area contributed by atoms with Crippen LogP contribution in [0.5, 0.6) is 0 Å². The fourth-order valence-electron chi connectivity index (χ4n) is 5.65. The van der Waals surface area contributed by atoms with E-state index in [1.54, 1.807) is 11.3 Å². The van der Waals surface area contributed by atoms with Gasteiger partial charge < -0.3 is 25.4 Å². The van der Waals surface area contributed by atoms with Gasteiger partial charge in [-0.1, -0.05) is 77.1 Å². The Morgan fingerprint density at radius 2 is 1.68 bits per heavy atom. The van der Waals surface area contributed by atoms with Crippen molar-refractivity contribution in [3.63, 3.8) is 0 Å². The Morgan fingerprint density at radius 1 is 1.05 bits per heavy atom. The van der Waals surface area contributed by atoms with E-state index in [1.165, 1.54) is 4.90 Å². The minimum absolute atomic E-state index is 0.0451. The van der Waals surface area contributed by atoms with Crippen molar-refractivity contribution in [1.82, 2.24) is 20.5 Å². The Balaban J connectivity index is 1.56. The van der Waals surface area contributed by atoms with Crippen molar-refractivity contribution >= 4 is 35.3 Å². The van der Waals surface area contributed by atoms with E-state index in [0.717, 1.165) is 72.9 Å². The van der Waals surface area contributed by atoms with Crippen molar-refractivity contribution < 1.29 is 24.3 Å². The monoisotopic (exact) mass is 626 g/mol. The highest BCUT2D eigenvalue weighted by molar-refractivity contribution is 7.13. The Morgan fingerprint density at radius 3 is 2.27 bits per heavy atom. The molecule has 1 aliphatic rings. The molecule has 2 aromatic rings. The van der Waals surface area contributed by atoms with Gasteiger partial charge in [-0.3, -0.25) is 14.4 Å². The largest absolute Gasteiger partial charge is 0.391 e. The maximum Gasteiger partial charge on any atom is 0.246 e. The van der Waals surface area contributed by atoms with Crippen molar-refractivity contribution in [1.29, 1.82) is 0 Å². The number of hydrogen-bond donors (Lipinski definition) is 3. The number of aliphatic hydroxyl groups excluding tert-OH is 1. The number of amides is 3. The predicted molar refractivity (Wildman–Crippen MR) is 174 cm³/mol. The molecule has 242 valence electrons. The molecule has 3 rings (SSSR count). The molecule has 0 aliphatic carbocycles. The molecule has 9 nitrogen and oxygen atoms in total. The number of likely N-dealkylation sites (tertiary alicyclic amines) is 1. The van der Waals surface area contributed by atoms with Gasteiger partial charge in [-0.25, -0.2) is 4.98 Å². The molecule has 44 heavy (non-hydrogen) atoms. The second kappa shape index (κ2) is 16.8. The van der Waals surface area contributed by atoms with Gasteiger partial charge in [0.25, 0.3) is 0 Å². The van der Waals surface area contributed by atoms with Crippen molar-refractivity contribution in [2.45, 2.75) is 123 Å². The second-order valence-electron chi connectivity index (χ2n) is 13.1. The van der Waals surface area contributed by atoms with Gasteiger partial charge in [0.2, 0.25) is 17.7 Å². The zero-order valence-corrected chi connectivity index (χ0v) is 27.8. The van der Waals surface area contributed by atoms with Crippen LogP contribution < -0.4 is 10.6 Å². The van der Waals surface area contributed by atoms with Crippen LogP contribution in [0.25, 0.3) is 10.4 Å². The van der Waals surface area contributed by atoms with Crippen LogP contribution in [-0.2, 0) is 19.2 Å². The van der Waals surface area contributed by atoms with Gasteiger partial charge in [-0.2, -0.15) is 0 Å². The third kappa shape index (κ3) is 10.2. The summed E-state index contributed by atoms with van der Waals surface area (Å²) in [4.78, 5) is 57.4. The first kappa shape index (κ1) is 35.4. The van der Waals surface area contributed by atoms with Crippen molar-refractivity contribution in [2.75, 3.05) is 6.54 Å². The van der Waals surface area contributed by atoms with E-state index in [0.29, 0.717) is 12.8 Å². The summed E-state index contributed by atoms with van der Waals surface area (Å²) in [6, 6.07) is 6.04. The topological polar surface area (TPSA) is 129 Å². The molecular formula is C34H50N4O5S. The lowest BCUT2D eigenvalue weighted by Gasteiger charge is -2.35. The van der Waals surface area contributed by atoms with Crippen LogP contribution in [-0.4, -0.2) is 63.7 Å². The van der Waals surface area contributed by atoms with Crippen molar-refractivity contribution in [3.8, 4) is 10.4 Å². The summed E-state index contributed by atoms with van der Waals surface area (Å²) in [5, 5.41) is 16.5. The summed E-state index contributed by atoms with van der Waals surface area (Å²) in [5.74, 6) is -0.861. The van der Waals surface area contributed by atoms with Crippen LogP contribution in [0.4, 0.5) is 0 Å². The van der Waals surface area contributed by atoms with E-state index in [1.807, 2.05) is 64.4 Å². The van der Waals surface area contributed by atoms with Crippen molar-refractivity contribution in [2.24, 2.45) is 5.41 Å². The number of hydrogen-bond acceptors (Lipinski definition) is 7. The Labute approximate surface area is 266 Å². The van der Waals surface area contributed by atoms with E-state index in [2.05, 4.69) is 15.6 Å². The lowest BCUT2D eigenvalue weighted by Crippen LogP contribution is -2.57. The molecule has 0 spiro atoms. The summed E-state index contributed by atoms with van der Waals surface area (Å²) < 4.78 is 0. The van der Waals surface area contributed by atoms with Gasteiger partial charge in [0, 0.05) is 25.8 Å². The number of aromatic nitrogens is 1. The normalized spacial score (nSPS) is 18.1. The third-order valence-electron chi connectivity index (χ3n) is 8.29. The summed E-state index contributed by atoms with van der Waals surface area (Å²) in [6.45, 7) is 9.59. The van der Waals surface area contributed by atoms with E-state index in [9.17, 15) is 24.3 Å². The van der Waals surface area contributed by atoms with E-state index < -0.39 is 23.6 Å². The lowest BCUT2D eigenvalue weighted by molar-refractivity contribution is -0.144. The average molecular weight is 627 g/mol. The second-order valence-corrected chi connectivity index (χ2v) is 13.9. The molecule has 10 heteroatoms. The number of benzene rings is 1. The van der Waals surface area contributed by atoms with Gasteiger partial charge in [-0.05, 0) is 43.2 Å². The standard InChI is InChI=1S/C34H50N4O5S/c1-23(25-15-17-26(18-16-25)30-24(2)35-22-44-30)36-32(42)28-20-27(40)21-38(28)33(43)31(34(3,4)5)37-29(41)14-12-10-8-6-7-9-11-13-19-39/h15-19,22-23,27-28,31,40H,6-14,20-21H2,1-5H3,(H,36,42)(H,37,41). The highest BCUT2D eigenvalue weighted by Crippen LogP contribution is 2.29. The van der Waals surface area contributed by atoms with Gasteiger partial charge in [0.1, 0.15) is 18.4 Å². The molecule has 1 aromatic carbocycles. The Kier molecular flexibility index (Phi) is 13.5. The van der Waals surface area contributed by atoms with E-state index in [-0.39, 0.29) is 36.7 Å². The maximum atomic E-state index is 13.8. The number of thiazole rings is 1. The fourth-order valence-corrected chi connectivity index (χ4v) is 6.46. The molecule has 0 saturated carbocycles. The SMILES string of the molecule is Cc1ncsc1-c1ccc(C(C)NC(=O)C2CC(O)CN2C(=O)C(NC(=O)CCCCCCCCCC=O)C(C)(C)C)cc1. The zero-order valence-electron chi connectivity index (χ0n) is 26.9. The number of aryl methyl sites for hydroxylation is 1. The van der Waals surface area contributed by atoms with Gasteiger partial charge >= 0.3 is 0 Å². The number of carbonyl (C=O) groups is 4. The number of β-amino-alcohol motifs (C(OH)–C–C–N with tert-alkyl or cyclic N) is 1. The van der Waals surface area contributed by atoms with Crippen LogP contribution >= 0.6 is 11.3 Å². The van der Waals surface area contributed by atoms with Gasteiger partial charge in [0.15, 0.2) is 0 Å². The number of nitrogens with zero attached hydrogens (tertiary/aromatic N) is 2. The van der Waals surface area contributed by atoms with Crippen LogP contribution in [0, 0.1) is 12.3 Å². The average Bonchev–Trinajstić information content (AvgIpc) is 3.59. The smallest absolute Gasteiger partial charge is 0.246 e. The van der Waals surface area contributed by atoms with Crippen molar-refractivity contribution in [3.05, 3.63) is 41.0 Å². The minimum atomic E-state index is -0.827. The first-order valence-corrected chi connectivity index (χ1v) is 16.8. The molecule has 1 saturated heterocycles. The third-order valence-corrected chi connectivity index (χ3v) is 9.26. The number of nitrogens with one attached hydrogen (secondary N) is 2. The molecule has 4 atom stereocenters. The molecule has 1 aliphatic heterocycles. The molecular weight excluding hydrogens is 576 g/mol. The molecule has 3 amide bonds. The highest BCUT2D eigenvalue weighted by atomic mass is 32.1. The molecule has 0 radical (unpaired) electrons. The Bertz CT molecular complexity index is 1240. The summed E-state index contributed by atoms with van der Waals surface area (Å²) in [7, 11) is 0. The fraction of sp³-hybridized carbons (Fsp3) is 0.618. The Hall–Kier alpha value is -3.11. The molecule has 1 fully saturated rings. The van der Waals surface area contributed by atoms with Crippen LogP contribution in [0.1, 0.15) is 109 Å². The predicted octanol–water partition coefficient (Wildman–Crippen LogP) is 5.50. The molecule has 4 unspecified atom stereocenters. The number of aliphatic hydroxyl groups is 1. The van der Waals surface area contributed by atoms with Gasteiger partial charge in [0.05, 0.1) is 28.2 Å². The molecule has 3 N–H and O–H groups in total. The van der Waals surface area contributed by atoms with Crippen LogP contribution in [0.3, 0.4) is 0 Å². The molecule has 0 bridgehead atoms. The molecule has 2 heterocycles. The lowest BCUT2D eigenvalue weighted by atomic mass is 9.85. The van der Waals surface area contributed by atoms with E-state index in [4.69, 9.17) is 0 Å². The summed E-state index contributed by atoms with van der Waals surface area (Å²) >= 11 is 1.59.